The van der Waals surface area contributed by atoms with Crippen LogP contribution < -0.4 is 0 Å². The number of aliphatic hydroxyl groups is 2. The van der Waals surface area contributed by atoms with Crippen LogP contribution in [0.2, 0.25) is 5.02 Å². The first-order valence-corrected chi connectivity index (χ1v) is 13.8. The largest absolute Gasteiger partial charge is 0.396 e. The maximum absolute atomic E-state index is 16.6. The van der Waals surface area contributed by atoms with Crippen LogP contribution in [0.15, 0.2) is 85.2 Å². The number of aromatic nitrogens is 2. The molecule has 3 heterocycles. The van der Waals surface area contributed by atoms with Gasteiger partial charge in [0, 0.05) is 28.4 Å². The zero-order chi connectivity index (χ0) is 28.8. The second-order valence-electron chi connectivity index (χ2n) is 11.0. The molecule has 9 heteroatoms. The molecule has 2 aromatic carbocycles. The van der Waals surface area contributed by atoms with Crippen LogP contribution in [0.4, 0.5) is 4.39 Å². The van der Waals surface area contributed by atoms with Crippen molar-refractivity contribution in [2.75, 3.05) is 13.2 Å². The van der Waals surface area contributed by atoms with E-state index in [0.29, 0.717) is 22.0 Å². The molecule has 2 aliphatic rings. The fourth-order valence-corrected chi connectivity index (χ4v) is 5.58. The Balaban J connectivity index is 1.57. The first-order valence-electron chi connectivity index (χ1n) is 13.4. The van der Waals surface area contributed by atoms with E-state index in [1.807, 2.05) is 6.07 Å². The number of nitrogens with zero attached hydrogens (tertiary/aromatic N) is 3. The zero-order valence-electron chi connectivity index (χ0n) is 22.4. The van der Waals surface area contributed by atoms with Crippen molar-refractivity contribution in [2.45, 2.75) is 37.6 Å². The fourth-order valence-electron chi connectivity index (χ4n) is 5.45. The summed E-state index contributed by atoms with van der Waals surface area (Å²) in [5.41, 5.74) is -2.13. The molecule has 1 unspecified atom stereocenters. The number of amides is 1. The average Bonchev–Trinajstić information content (AvgIpc) is 3.74. The number of pyridine rings is 2. The number of halogens is 2. The van der Waals surface area contributed by atoms with Crippen molar-refractivity contribution in [3.63, 3.8) is 0 Å². The Labute approximate surface area is 242 Å². The highest BCUT2D eigenvalue weighted by Gasteiger charge is 2.56. The molecular weight excluding hydrogens is 545 g/mol. The van der Waals surface area contributed by atoms with Gasteiger partial charge in [-0.3, -0.25) is 19.7 Å². The highest BCUT2D eigenvalue weighted by molar-refractivity contribution is 6.30. The Morgan fingerprint density at radius 1 is 1.05 bits per heavy atom. The molecule has 7 nitrogen and oxygen atoms in total. The van der Waals surface area contributed by atoms with Gasteiger partial charge in [-0.25, -0.2) is 4.39 Å². The summed E-state index contributed by atoms with van der Waals surface area (Å²) >= 11 is 6.23. The molecule has 1 amide bonds. The molecule has 2 atom stereocenters. The number of hydrogen-bond acceptors (Lipinski definition) is 6. The molecular formula is C32H29ClFN3O4. The number of aliphatic hydroxyl groups excluding tert-OH is 1. The molecule has 0 spiro atoms. The topological polar surface area (TPSA) is 95.8 Å². The van der Waals surface area contributed by atoms with Crippen molar-refractivity contribution in [3.05, 3.63) is 130 Å². The van der Waals surface area contributed by atoms with Gasteiger partial charge in [-0.1, -0.05) is 35.9 Å². The number of carbonyl (C=O) groups is 1. The monoisotopic (exact) mass is 573 g/mol. The molecule has 1 fully saturated rings. The molecule has 0 radical (unpaired) electrons. The third kappa shape index (κ3) is 4.71. The third-order valence-corrected chi connectivity index (χ3v) is 8.42. The highest BCUT2D eigenvalue weighted by atomic mass is 35.5. The van der Waals surface area contributed by atoms with Gasteiger partial charge >= 0.3 is 0 Å². The molecule has 0 saturated heterocycles. The number of hydrogen-bond donors (Lipinski definition) is 2. The first-order chi connectivity index (χ1) is 19.7. The zero-order valence-corrected chi connectivity index (χ0v) is 23.2. The minimum Gasteiger partial charge on any atom is -0.396 e. The number of ether oxygens (including phenoxy) is 1. The summed E-state index contributed by atoms with van der Waals surface area (Å²) in [5, 5.41) is 22.0. The van der Waals surface area contributed by atoms with Crippen LogP contribution in [0.1, 0.15) is 58.2 Å². The van der Waals surface area contributed by atoms with Gasteiger partial charge in [-0.05, 0) is 73.9 Å². The lowest BCUT2D eigenvalue weighted by Crippen LogP contribution is -2.48. The standard InChI is InChI=1S/C32H29ClFN3O4/c1-30(40,27-7-3-5-15-36-27)22-16-25-28(26(34)17-22)32(21-8-10-23(33)11-9-21,41-20-31(19-38)12-13-31)37(29(25)39)18-24-6-2-4-14-35-24/h2-11,14-17,38,40H,12-13,18-20H2,1H3/t30?,32-/m1/s1. The van der Waals surface area contributed by atoms with Crippen LogP contribution in [0, 0.1) is 11.2 Å². The summed E-state index contributed by atoms with van der Waals surface area (Å²) in [6, 6.07) is 20.0. The van der Waals surface area contributed by atoms with E-state index in [1.165, 1.54) is 24.0 Å². The minimum atomic E-state index is -1.68. The van der Waals surface area contributed by atoms with Crippen LogP contribution in [0.25, 0.3) is 0 Å². The lowest BCUT2D eigenvalue weighted by Gasteiger charge is -2.40. The quantitative estimate of drug-likeness (QED) is 0.287. The van der Waals surface area contributed by atoms with E-state index >= 15 is 4.39 Å². The Kier molecular flexibility index (Phi) is 6.90. The maximum Gasteiger partial charge on any atom is 0.257 e. The van der Waals surface area contributed by atoms with Crippen molar-refractivity contribution in [3.8, 4) is 0 Å². The number of benzene rings is 2. The molecule has 2 N–H and O–H groups in total. The SMILES string of the molecule is CC(O)(c1cc(F)c2c(c1)C(=O)N(Cc1ccccn1)[C@@]2(OCC1(CO)CC1)c1ccc(Cl)cc1)c1ccccn1. The van der Waals surface area contributed by atoms with Crippen LogP contribution in [-0.4, -0.2) is 44.2 Å². The van der Waals surface area contributed by atoms with Gasteiger partial charge in [-0.2, -0.15) is 0 Å². The third-order valence-electron chi connectivity index (χ3n) is 8.17. The minimum absolute atomic E-state index is 0.0223. The number of rotatable bonds is 9. The molecule has 4 aromatic rings. The molecule has 1 aliphatic carbocycles. The van der Waals surface area contributed by atoms with Crippen molar-refractivity contribution in [1.82, 2.24) is 14.9 Å². The number of carbonyl (C=O) groups excluding carboxylic acids is 1. The lowest BCUT2D eigenvalue weighted by molar-refractivity contribution is -0.130. The van der Waals surface area contributed by atoms with E-state index in [0.717, 1.165) is 12.8 Å². The van der Waals surface area contributed by atoms with Gasteiger partial charge in [0.2, 0.25) is 0 Å². The van der Waals surface area contributed by atoms with Crippen molar-refractivity contribution >= 4 is 17.5 Å². The smallest absolute Gasteiger partial charge is 0.257 e. The van der Waals surface area contributed by atoms with Gasteiger partial charge in [0.05, 0.1) is 42.3 Å². The Bertz CT molecular complexity index is 1580. The van der Waals surface area contributed by atoms with Crippen LogP contribution in [0.5, 0.6) is 0 Å². The average molecular weight is 574 g/mol. The van der Waals surface area contributed by atoms with Gasteiger partial charge in [0.15, 0.2) is 5.72 Å². The number of fused-ring (bicyclic) bond motifs is 1. The highest BCUT2D eigenvalue weighted by Crippen LogP contribution is 2.52. The summed E-state index contributed by atoms with van der Waals surface area (Å²) in [5.74, 6) is -1.19. The Hall–Kier alpha value is -3.69. The Morgan fingerprint density at radius 2 is 1.76 bits per heavy atom. The van der Waals surface area contributed by atoms with Crippen molar-refractivity contribution < 1.29 is 24.1 Å². The fraction of sp³-hybridized carbons (Fsp3) is 0.281. The molecule has 1 saturated carbocycles. The van der Waals surface area contributed by atoms with Gasteiger partial charge < -0.3 is 14.9 Å². The van der Waals surface area contributed by atoms with E-state index in [4.69, 9.17) is 16.3 Å². The van der Waals surface area contributed by atoms with Gasteiger partial charge in [0.1, 0.15) is 11.4 Å². The van der Waals surface area contributed by atoms with Crippen LogP contribution in [0.3, 0.4) is 0 Å². The molecule has 1 aliphatic heterocycles. The molecule has 2 aromatic heterocycles. The van der Waals surface area contributed by atoms with Crippen molar-refractivity contribution in [2.24, 2.45) is 5.41 Å². The summed E-state index contributed by atoms with van der Waals surface area (Å²) < 4.78 is 23.2. The lowest BCUT2D eigenvalue weighted by atomic mass is 9.86. The summed E-state index contributed by atoms with van der Waals surface area (Å²) in [4.78, 5) is 24.5. The molecule has 0 bridgehead atoms. The van der Waals surface area contributed by atoms with E-state index in [9.17, 15) is 15.0 Å². The second-order valence-corrected chi connectivity index (χ2v) is 11.4. The summed E-state index contributed by atoms with van der Waals surface area (Å²) in [6.07, 6.45) is 4.69. The maximum atomic E-state index is 16.6. The van der Waals surface area contributed by atoms with E-state index < -0.39 is 28.5 Å². The molecule has 210 valence electrons. The summed E-state index contributed by atoms with van der Waals surface area (Å²) in [6.45, 7) is 1.56. The first kappa shape index (κ1) is 27.5. The van der Waals surface area contributed by atoms with Gasteiger partial charge in [-0.15, -0.1) is 0 Å². The van der Waals surface area contributed by atoms with E-state index in [-0.39, 0.29) is 36.4 Å². The summed E-state index contributed by atoms with van der Waals surface area (Å²) in [7, 11) is 0. The van der Waals surface area contributed by atoms with Crippen LogP contribution >= 0.6 is 11.6 Å². The van der Waals surface area contributed by atoms with E-state index in [1.54, 1.807) is 67.0 Å². The van der Waals surface area contributed by atoms with Crippen molar-refractivity contribution in [1.29, 1.82) is 0 Å². The van der Waals surface area contributed by atoms with Crippen LogP contribution in [-0.2, 0) is 22.6 Å². The second kappa shape index (κ2) is 10.3. The van der Waals surface area contributed by atoms with E-state index in [2.05, 4.69) is 9.97 Å². The Morgan fingerprint density at radius 3 is 2.37 bits per heavy atom. The predicted molar refractivity (Wildman–Crippen MR) is 150 cm³/mol. The normalized spacial score (nSPS) is 20.5. The van der Waals surface area contributed by atoms with Gasteiger partial charge in [0.25, 0.3) is 5.91 Å². The molecule has 41 heavy (non-hydrogen) atoms. The predicted octanol–water partition coefficient (Wildman–Crippen LogP) is 5.17. The molecule has 6 rings (SSSR count).